The summed E-state index contributed by atoms with van der Waals surface area (Å²) in [7, 11) is 0. The zero-order valence-corrected chi connectivity index (χ0v) is 29.0. The van der Waals surface area contributed by atoms with Gasteiger partial charge in [0.05, 0.1) is 0 Å². The lowest BCUT2D eigenvalue weighted by Crippen LogP contribution is -2.00. The number of benzene rings is 4. The van der Waals surface area contributed by atoms with E-state index < -0.39 is 0 Å². The van der Waals surface area contributed by atoms with Crippen LogP contribution in [0.25, 0.3) is 0 Å². The molecule has 0 saturated carbocycles. The van der Waals surface area contributed by atoms with Crippen LogP contribution in [0.15, 0.2) is 84.9 Å². The third-order valence-corrected chi connectivity index (χ3v) is 9.56. The van der Waals surface area contributed by atoms with E-state index in [1.54, 1.807) is 22.3 Å². The summed E-state index contributed by atoms with van der Waals surface area (Å²) in [5.74, 6) is 0. The molecule has 0 heterocycles. The van der Waals surface area contributed by atoms with Crippen LogP contribution < -0.4 is 11.5 Å². The molecule has 0 aliphatic rings. The van der Waals surface area contributed by atoms with E-state index in [-0.39, 0.29) is 0 Å². The van der Waals surface area contributed by atoms with Gasteiger partial charge in [0.2, 0.25) is 0 Å². The Bertz CT molecular complexity index is 1310. The molecule has 0 bridgehead atoms. The third kappa shape index (κ3) is 12.3. The maximum Gasteiger partial charge on any atom is 0.0314 e. The lowest BCUT2D eigenvalue weighted by atomic mass is 9.92. The molecule has 2 nitrogen and oxygen atoms in total. The second-order valence-corrected chi connectivity index (χ2v) is 13.6. The SMILES string of the molecule is CCCCCCc1cc(Cc2ccc(N)cc2)ccc1CCCCCCc1ccc(Cc2ccc(N)cc2)cc1CCCCCC. The van der Waals surface area contributed by atoms with Crippen LogP contribution in [-0.2, 0) is 38.5 Å². The van der Waals surface area contributed by atoms with Crippen molar-refractivity contribution < 1.29 is 0 Å². The van der Waals surface area contributed by atoms with Crippen LogP contribution in [0.1, 0.15) is 135 Å². The number of aryl methyl sites for hydroxylation is 4. The fraction of sp³-hybridized carbons (Fsp3) is 0.455. The quantitative estimate of drug-likeness (QED) is 0.0723. The van der Waals surface area contributed by atoms with Crippen LogP contribution >= 0.6 is 0 Å². The van der Waals surface area contributed by atoms with E-state index in [1.807, 2.05) is 24.3 Å². The van der Waals surface area contributed by atoms with E-state index >= 15 is 0 Å². The van der Waals surface area contributed by atoms with Crippen molar-refractivity contribution in [3.8, 4) is 0 Å². The highest BCUT2D eigenvalue weighted by molar-refractivity contribution is 5.43. The third-order valence-electron chi connectivity index (χ3n) is 9.56. The summed E-state index contributed by atoms with van der Waals surface area (Å²) in [5, 5.41) is 0. The van der Waals surface area contributed by atoms with Crippen LogP contribution in [0.5, 0.6) is 0 Å². The van der Waals surface area contributed by atoms with Crippen molar-refractivity contribution in [2.45, 2.75) is 129 Å². The van der Waals surface area contributed by atoms with Crippen molar-refractivity contribution in [1.29, 1.82) is 0 Å². The van der Waals surface area contributed by atoms with Gasteiger partial charge in [-0.15, -0.1) is 0 Å². The molecule has 0 atom stereocenters. The van der Waals surface area contributed by atoms with Crippen LogP contribution in [0.3, 0.4) is 0 Å². The standard InChI is InChI=1S/C44H60N2/c1-3-5-7-11-17-41-33-37(31-35-21-27-43(45)28-22-35)19-25-39(41)15-13-9-10-14-16-40-26-20-38(32-36-23-29-44(46)30-24-36)34-42(40)18-12-8-6-4-2/h19-30,33-34H,3-18,31-32,45-46H2,1-2H3. The molecule has 46 heavy (non-hydrogen) atoms. The van der Waals surface area contributed by atoms with E-state index in [0.29, 0.717) is 0 Å². The average molecular weight is 617 g/mol. The minimum absolute atomic E-state index is 0.835. The minimum atomic E-state index is 0.835. The lowest BCUT2D eigenvalue weighted by molar-refractivity contribution is 0.629. The maximum absolute atomic E-state index is 5.91. The number of hydrogen-bond donors (Lipinski definition) is 2. The molecule has 4 N–H and O–H groups in total. The first-order chi connectivity index (χ1) is 22.5. The van der Waals surface area contributed by atoms with Gasteiger partial charge in [-0.05, 0) is 133 Å². The molecular formula is C44H60N2. The van der Waals surface area contributed by atoms with Crippen molar-refractivity contribution in [2.24, 2.45) is 0 Å². The monoisotopic (exact) mass is 616 g/mol. The maximum atomic E-state index is 5.91. The van der Waals surface area contributed by atoms with Gasteiger partial charge >= 0.3 is 0 Å². The zero-order valence-electron chi connectivity index (χ0n) is 29.0. The lowest BCUT2D eigenvalue weighted by Gasteiger charge is -2.14. The Hall–Kier alpha value is -3.52. The van der Waals surface area contributed by atoms with Crippen LogP contribution in [0, 0.1) is 0 Å². The van der Waals surface area contributed by atoms with Crippen LogP contribution in [-0.4, -0.2) is 0 Å². The Balaban J connectivity index is 1.29. The average Bonchev–Trinajstić information content (AvgIpc) is 3.06. The molecule has 2 heteroatoms. The first-order valence-corrected chi connectivity index (χ1v) is 18.4. The molecule has 0 aromatic heterocycles. The molecule has 0 unspecified atom stereocenters. The van der Waals surface area contributed by atoms with Gasteiger partial charge in [-0.25, -0.2) is 0 Å². The summed E-state index contributed by atoms with van der Waals surface area (Å²) in [6.45, 7) is 4.59. The van der Waals surface area contributed by atoms with Gasteiger partial charge in [0.15, 0.2) is 0 Å². The Morgan fingerprint density at radius 1 is 0.348 bits per heavy atom. The fourth-order valence-electron chi connectivity index (χ4n) is 6.74. The highest BCUT2D eigenvalue weighted by Gasteiger charge is 2.08. The normalized spacial score (nSPS) is 11.3. The van der Waals surface area contributed by atoms with E-state index in [1.165, 1.54) is 125 Å². The molecule has 0 amide bonds. The minimum Gasteiger partial charge on any atom is -0.399 e. The largest absolute Gasteiger partial charge is 0.399 e. The molecule has 4 aromatic rings. The number of nitrogens with two attached hydrogens (primary N) is 2. The zero-order chi connectivity index (χ0) is 32.4. The van der Waals surface area contributed by atoms with E-state index in [9.17, 15) is 0 Å². The molecule has 0 spiro atoms. The van der Waals surface area contributed by atoms with Gasteiger partial charge in [0, 0.05) is 11.4 Å². The molecule has 0 fully saturated rings. The predicted octanol–water partition coefficient (Wildman–Crippen LogP) is 11.6. The molecule has 246 valence electrons. The van der Waals surface area contributed by atoms with Crippen molar-refractivity contribution in [3.05, 3.63) is 129 Å². The summed E-state index contributed by atoms with van der Waals surface area (Å²) in [6, 6.07) is 31.3. The van der Waals surface area contributed by atoms with E-state index in [0.717, 1.165) is 24.2 Å². The highest BCUT2D eigenvalue weighted by atomic mass is 14.5. The first kappa shape index (κ1) is 35.3. The Morgan fingerprint density at radius 3 is 1.04 bits per heavy atom. The predicted molar refractivity (Wildman–Crippen MR) is 202 cm³/mol. The summed E-state index contributed by atoms with van der Waals surface area (Å²) in [5.41, 5.74) is 25.3. The number of rotatable bonds is 21. The number of anilines is 2. The van der Waals surface area contributed by atoms with E-state index in [2.05, 4.69) is 74.5 Å². The fourth-order valence-corrected chi connectivity index (χ4v) is 6.74. The van der Waals surface area contributed by atoms with Crippen molar-refractivity contribution in [1.82, 2.24) is 0 Å². The molecule has 0 saturated heterocycles. The van der Waals surface area contributed by atoms with Crippen molar-refractivity contribution in [3.63, 3.8) is 0 Å². The van der Waals surface area contributed by atoms with E-state index in [4.69, 9.17) is 11.5 Å². The Labute approximate surface area is 281 Å². The number of hydrogen-bond acceptors (Lipinski definition) is 2. The second-order valence-electron chi connectivity index (χ2n) is 13.6. The van der Waals surface area contributed by atoms with Gasteiger partial charge in [0.25, 0.3) is 0 Å². The molecule has 4 rings (SSSR count). The van der Waals surface area contributed by atoms with Gasteiger partial charge in [0.1, 0.15) is 0 Å². The van der Waals surface area contributed by atoms with Crippen LogP contribution in [0.4, 0.5) is 11.4 Å². The van der Waals surface area contributed by atoms with Crippen molar-refractivity contribution in [2.75, 3.05) is 11.5 Å². The van der Waals surface area contributed by atoms with Crippen molar-refractivity contribution >= 4 is 11.4 Å². The second kappa shape index (κ2) is 19.9. The van der Waals surface area contributed by atoms with Gasteiger partial charge in [-0.3, -0.25) is 0 Å². The number of nitrogen functional groups attached to an aromatic ring is 2. The molecule has 0 radical (unpaired) electrons. The highest BCUT2D eigenvalue weighted by Crippen LogP contribution is 2.23. The van der Waals surface area contributed by atoms with Gasteiger partial charge < -0.3 is 11.5 Å². The van der Waals surface area contributed by atoms with Gasteiger partial charge in [-0.2, -0.15) is 0 Å². The summed E-state index contributed by atoms with van der Waals surface area (Å²) in [4.78, 5) is 0. The number of unbranched alkanes of at least 4 members (excludes halogenated alkanes) is 9. The first-order valence-electron chi connectivity index (χ1n) is 18.4. The summed E-state index contributed by atoms with van der Waals surface area (Å²) >= 11 is 0. The molecule has 4 aromatic carbocycles. The summed E-state index contributed by atoms with van der Waals surface area (Å²) < 4.78 is 0. The Kier molecular flexibility index (Phi) is 15.3. The van der Waals surface area contributed by atoms with Crippen LogP contribution in [0.2, 0.25) is 0 Å². The molecule has 0 aliphatic carbocycles. The summed E-state index contributed by atoms with van der Waals surface area (Å²) in [6.07, 6.45) is 22.5. The molecule has 0 aliphatic heterocycles. The van der Waals surface area contributed by atoms with Gasteiger partial charge in [-0.1, -0.05) is 126 Å². The smallest absolute Gasteiger partial charge is 0.0314 e. The molecular weight excluding hydrogens is 556 g/mol. The topological polar surface area (TPSA) is 52.0 Å². The Morgan fingerprint density at radius 2 is 0.674 bits per heavy atom.